The Labute approximate surface area is 127 Å². The van der Waals surface area contributed by atoms with Crippen LogP contribution in [0, 0.1) is 6.92 Å². The SMILES string of the molecule is CC(=Nc1ccc(C)cc1O[Si](C)(C)C)c1ncccn1. The first kappa shape index (κ1) is 15.4. The summed E-state index contributed by atoms with van der Waals surface area (Å²) in [5.74, 6) is 1.47. The maximum absolute atomic E-state index is 6.14. The normalized spacial score (nSPS) is 12.3. The highest BCUT2D eigenvalue weighted by molar-refractivity contribution is 6.70. The molecule has 4 nitrogen and oxygen atoms in total. The first-order valence-corrected chi connectivity index (χ1v) is 10.4. The predicted molar refractivity (Wildman–Crippen MR) is 89.1 cm³/mol. The monoisotopic (exact) mass is 299 g/mol. The molecule has 0 unspecified atom stereocenters. The van der Waals surface area contributed by atoms with E-state index in [1.807, 2.05) is 25.1 Å². The van der Waals surface area contributed by atoms with Crippen LogP contribution in [-0.2, 0) is 0 Å². The molecule has 110 valence electrons. The van der Waals surface area contributed by atoms with Gasteiger partial charge in [0.1, 0.15) is 11.4 Å². The van der Waals surface area contributed by atoms with Gasteiger partial charge in [0.05, 0.1) is 5.71 Å². The van der Waals surface area contributed by atoms with Crippen LogP contribution in [0.15, 0.2) is 41.7 Å². The fourth-order valence-corrected chi connectivity index (χ4v) is 2.67. The van der Waals surface area contributed by atoms with Crippen molar-refractivity contribution in [3.05, 3.63) is 48.0 Å². The Morgan fingerprint density at radius 2 is 1.81 bits per heavy atom. The number of aliphatic imine (C=N–C) groups is 1. The number of hydrogen-bond donors (Lipinski definition) is 0. The molecule has 0 bridgehead atoms. The molecule has 0 saturated heterocycles. The van der Waals surface area contributed by atoms with Gasteiger partial charge in [-0.25, -0.2) is 15.0 Å². The van der Waals surface area contributed by atoms with Gasteiger partial charge in [-0.3, -0.25) is 0 Å². The van der Waals surface area contributed by atoms with Crippen LogP contribution < -0.4 is 4.43 Å². The van der Waals surface area contributed by atoms with Crippen molar-refractivity contribution in [2.75, 3.05) is 0 Å². The van der Waals surface area contributed by atoms with Gasteiger partial charge in [0.25, 0.3) is 0 Å². The van der Waals surface area contributed by atoms with Crippen molar-refractivity contribution in [3.63, 3.8) is 0 Å². The summed E-state index contributed by atoms with van der Waals surface area (Å²) in [5.41, 5.74) is 2.77. The first-order chi connectivity index (χ1) is 9.85. The molecule has 0 aliphatic heterocycles. The number of aryl methyl sites for hydroxylation is 1. The van der Waals surface area contributed by atoms with Gasteiger partial charge in [0.15, 0.2) is 5.82 Å². The van der Waals surface area contributed by atoms with E-state index in [9.17, 15) is 0 Å². The molecule has 0 radical (unpaired) electrons. The molecule has 0 aliphatic carbocycles. The van der Waals surface area contributed by atoms with Gasteiger partial charge in [-0.15, -0.1) is 0 Å². The molecule has 2 rings (SSSR count). The van der Waals surface area contributed by atoms with E-state index in [0.717, 1.165) is 22.7 Å². The molecule has 1 heterocycles. The van der Waals surface area contributed by atoms with Gasteiger partial charge < -0.3 is 4.43 Å². The summed E-state index contributed by atoms with van der Waals surface area (Å²) < 4.78 is 6.14. The maximum atomic E-state index is 6.14. The second-order valence-corrected chi connectivity index (χ2v) is 10.4. The van der Waals surface area contributed by atoms with Crippen LogP contribution in [0.3, 0.4) is 0 Å². The van der Waals surface area contributed by atoms with E-state index in [-0.39, 0.29) is 0 Å². The third kappa shape index (κ3) is 4.49. The molecule has 1 aromatic carbocycles. The lowest BCUT2D eigenvalue weighted by molar-refractivity contribution is 0.558. The van der Waals surface area contributed by atoms with Crippen molar-refractivity contribution in [2.45, 2.75) is 33.5 Å². The first-order valence-electron chi connectivity index (χ1n) is 6.97. The van der Waals surface area contributed by atoms with E-state index in [1.165, 1.54) is 0 Å². The van der Waals surface area contributed by atoms with Crippen LogP contribution in [0.4, 0.5) is 5.69 Å². The Hall–Kier alpha value is -2.01. The van der Waals surface area contributed by atoms with Gasteiger partial charge in [-0.2, -0.15) is 0 Å². The van der Waals surface area contributed by atoms with Crippen molar-refractivity contribution in [1.82, 2.24) is 9.97 Å². The molecule has 0 N–H and O–H groups in total. The predicted octanol–water partition coefficient (Wildman–Crippen LogP) is 4.14. The Bertz CT molecular complexity index is 648. The fraction of sp³-hybridized carbons (Fsp3) is 0.312. The summed E-state index contributed by atoms with van der Waals surface area (Å²) in [6, 6.07) is 7.85. The Kier molecular flexibility index (Phi) is 4.52. The molecule has 0 fully saturated rings. The van der Waals surface area contributed by atoms with Crippen molar-refractivity contribution in [3.8, 4) is 5.75 Å². The quantitative estimate of drug-likeness (QED) is 0.629. The number of hydrogen-bond acceptors (Lipinski definition) is 4. The van der Waals surface area contributed by atoms with Gasteiger partial charge >= 0.3 is 0 Å². The third-order valence-electron chi connectivity index (χ3n) is 2.71. The summed E-state index contributed by atoms with van der Waals surface area (Å²) in [6.07, 6.45) is 3.44. The van der Waals surface area contributed by atoms with E-state index in [1.54, 1.807) is 18.5 Å². The molecule has 1 aromatic heterocycles. The topological polar surface area (TPSA) is 47.4 Å². The molecule has 2 aromatic rings. The van der Waals surface area contributed by atoms with E-state index in [4.69, 9.17) is 4.43 Å². The molecular weight excluding hydrogens is 278 g/mol. The molecule has 0 amide bonds. The summed E-state index contributed by atoms with van der Waals surface area (Å²) in [6.45, 7) is 10.5. The van der Waals surface area contributed by atoms with Gasteiger partial charge in [-0.05, 0) is 57.3 Å². The van der Waals surface area contributed by atoms with Crippen molar-refractivity contribution in [2.24, 2.45) is 4.99 Å². The molecule has 21 heavy (non-hydrogen) atoms. The second-order valence-electron chi connectivity index (χ2n) is 5.96. The molecular formula is C16H21N3OSi. The minimum Gasteiger partial charge on any atom is -0.543 e. The molecule has 0 atom stereocenters. The highest BCUT2D eigenvalue weighted by Gasteiger charge is 2.18. The average Bonchev–Trinajstić information content (AvgIpc) is 2.41. The lowest BCUT2D eigenvalue weighted by atomic mass is 10.2. The number of aromatic nitrogens is 2. The maximum Gasteiger partial charge on any atom is 0.242 e. The summed E-state index contributed by atoms with van der Waals surface area (Å²) in [7, 11) is -1.68. The zero-order chi connectivity index (χ0) is 15.5. The van der Waals surface area contributed by atoms with Crippen molar-refractivity contribution >= 4 is 19.7 Å². The molecule has 0 aliphatic rings. The van der Waals surface area contributed by atoms with Crippen LogP contribution in [0.2, 0.25) is 19.6 Å². The Morgan fingerprint density at radius 3 is 2.43 bits per heavy atom. The van der Waals surface area contributed by atoms with Crippen molar-refractivity contribution < 1.29 is 4.43 Å². The summed E-state index contributed by atoms with van der Waals surface area (Å²) >= 11 is 0. The standard InChI is InChI=1S/C16H21N3OSi/c1-12-7-8-14(15(11-12)20-21(3,4)5)19-13(2)16-17-9-6-10-18-16/h6-11H,1-5H3. The molecule has 5 heteroatoms. The summed E-state index contributed by atoms with van der Waals surface area (Å²) in [5, 5.41) is 0. The zero-order valence-electron chi connectivity index (χ0n) is 13.2. The largest absolute Gasteiger partial charge is 0.543 e. The molecule has 0 saturated carbocycles. The Balaban J connectivity index is 2.40. The number of benzene rings is 1. The highest BCUT2D eigenvalue weighted by atomic mass is 28.4. The third-order valence-corrected chi connectivity index (χ3v) is 3.54. The van der Waals surface area contributed by atoms with E-state index < -0.39 is 8.32 Å². The molecule has 0 spiro atoms. The zero-order valence-corrected chi connectivity index (χ0v) is 14.2. The lowest BCUT2D eigenvalue weighted by Crippen LogP contribution is -2.29. The fourth-order valence-electron chi connectivity index (χ4n) is 1.84. The lowest BCUT2D eigenvalue weighted by Gasteiger charge is -2.21. The minimum atomic E-state index is -1.68. The number of nitrogens with zero attached hydrogens (tertiary/aromatic N) is 3. The van der Waals surface area contributed by atoms with Gasteiger partial charge in [0.2, 0.25) is 8.32 Å². The Morgan fingerprint density at radius 1 is 1.14 bits per heavy atom. The van der Waals surface area contributed by atoms with Crippen LogP contribution in [0.5, 0.6) is 5.75 Å². The van der Waals surface area contributed by atoms with Crippen LogP contribution in [0.1, 0.15) is 18.3 Å². The average molecular weight is 299 g/mol. The van der Waals surface area contributed by atoms with Crippen LogP contribution >= 0.6 is 0 Å². The summed E-state index contributed by atoms with van der Waals surface area (Å²) in [4.78, 5) is 13.1. The van der Waals surface area contributed by atoms with Gasteiger partial charge in [-0.1, -0.05) is 6.07 Å². The van der Waals surface area contributed by atoms with Crippen LogP contribution in [0.25, 0.3) is 0 Å². The van der Waals surface area contributed by atoms with E-state index in [2.05, 4.69) is 41.5 Å². The number of rotatable bonds is 4. The van der Waals surface area contributed by atoms with E-state index in [0.29, 0.717) is 5.82 Å². The van der Waals surface area contributed by atoms with Gasteiger partial charge in [0, 0.05) is 12.4 Å². The van der Waals surface area contributed by atoms with Crippen LogP contribution in [-0.4, -0.2) is 24.0 Å². The highest BCUT2D eigenvalue weighted by Crippen LogP contribution is 2.31. The van der Waals surface area contributed by atoms with Crippen molar-refractivity contribution in [1.29, 1.82) is 0 Å². The smallest absolute Gasteiger partial charge is 0.242 e. The van der Waals surface area contributed by atoms with E-state index >= 15 is 0 Å². The minimum absolute atomic E-state index is 0.636. The second kappa shape index (κ2) is 6.18.